The Morgan fingerprint density at radius 3 is 2.77 bits per heavy atom. The van der Waals surface area contributed by atoms with Crippen molar-refractivity contribution in [1.29, 1.82) is 0 Å². The molecule has 6 heteroatoms. The smallest absolute Gasteiger partial charge is 0.261 e. The number of hydrogen-bond acceptors (Lipinski definition) is 5. The highest BCUT2D eigenvalue weighted by atomic mass is 16.5. The molecule has 5 rings (SSSR count). The summed E-state index contributed by atoms with van der Waals surface area (Å²) in [7, 11) is 0. The van der Waals surface area contributed by atoms with Crippen molar-refractivity contribution in [1.82, 2.24) is 5.32 Å². The first-order valence-electron chi connectivity index (χ1n) is 9.68. The highest BCUT2D eigenvalue weighted by Gasteiger charge is 2.40. The molecule has 0 bridgehead atoms. The van der Waals surface area contributed by atoms with Crippen LogP contribution in [0.15, 0.2) is 23.9 Å². The monoisotopic (exact) mass is 355 g/mol. The van der Waals surface area contributed by atoms with Gasteiger partial charge in [0.2, 0.25) is 0 Å². The number of anilines is 2. The van der Waals surface area contributed by atoms with Crippen LogP contribution in [0.4, 0.5) is 11.4 Å². The van der Waals surface area contributed by atoms with Crippen molar-refractivity contribution in [3.05, 3.63) is 29.5 Å². The highest BCUT2D eigenvalue weighted by Crippen LogP contribution is 2.42. The summed E-state index contributed by atoms with van der Waals surface area (Å²) in [5, 5.41) is 6.98. The van der Waals surface area contributed by atoms with Crippen LogP contribution in [0.3, 0.4) is 0 Å². The lowest BCUT2D eigenvalue weighted by Crippen LogP contribution is -2.39. The summed E-state index contributed by atoms with van der Waals surface area (Å²) < 4.78 is 11.2. The maximum atomic E-state index is 13.3. The van der Waals surface area contributed by atoms with Gasteiger partial charge in [-0.15, -0.1) is 0 Å². The van der Waals surface area contributed by atoms with Gasteiger partial charge in [-0.2, -0.15) is 0 Å². The quantitative estimate of drug-likeness (QED) is 0.813. The minimum absolute atomic E-state index is 0.0734. The van der Waals surface area contributed by atoms with E-state index in [4.69, 9.17) is 9.47 Å². The maximum Gasteiger partial charge on any atom is 0.261 e. The van der Waals surface area contributed by atoms with Gasteiger partial charge in [-0.1, -0.05) is 0 Å². The van der Waals surface area contributed by atoms with E-state index in [2.05, 4.69) is 28.8 Å². The second kappa shape index (κ2) is 6.59. The number of ether oxygens (including phenoxy) is 2. The van der Waals surface area contributed by atoms with Crippen molar-refractivity contribution < 1.29 is 14.3 Å². The van der Waals surface area contributed by atoms with Gasteiger partial charge < -0.3 is 25.0 Å². The molecule has 1 amide bonds. The SMILES string of the molecule is O=C1/C(=C2/COCCN2)c2cc(NC3CCC3)ccc2N1C1CCOC1. The van der Waals surface area contributed by atoms with Crippen molar-refractivity contribution in [3.8, 4) is 0 Å². The molecule has 1 aliphatic carbocycles. The minimum Gasteiger partial charge on any atom is -0.383 e. The van der Waals surface area contributed by atoms with Crippen LogP contribution in [0.5, 0.6) is 0 Å². The van der Waals surface area contributed by atoms with E-state index < -0.39 is 0 Å². The number of carbonyl (C=O) groups excluding carboxylic acids is 1. The van der Waals surface area contributed by atoms with Crippen LogP contribution < -0.4 is 15.5 Å². The number of morpholine rings is 1. The molecule has 4 aliphatic rings. The Labute approximate surface area is 153 Å². The Morgan fingerprint density at radius 2 is 2.08 bits per heavy atom. The van der Waals surface area contributed by atoms with Gasteiger partial charge >= 0.3 is 0 Å². The zero-order valence-electron chi connectivity index (χ0n) is 14.9. The molecule has 6 nitrogen and oxygen atoms in total. The van der Waals surface area contributed by atoms with E-state index in [1.807, 2.05) is 4.90 Å². The summed E-state index contributed by atoms with van der Waals surface area (Å²) in [5.41, 5.74) is 4.79. The second-order valence-electron chi connectivity index (χ2n) is 7.53. The fourth-order valence-corrected chi connectivity index (χ4v) is 4.21. The molecular formula is C20H25N3O3. The highest BCUT2D eigenvalue weighted by molar-refractivity contribution is 6.33. The van der Waals surface area contributed by atoms with Crippen LogP contribution >= 0.6 is 0 Å². The molecule has 3 aliphatic heterocycles. The lowest BCUT2D eigenvalue weighted by Gasteiger charge is -2.28. The molecule has 1 atom stereocenters. The van der Waals surface area contributed by atoms with Gasteiger partial charge in [0.25, 0.3) is 5.91 Å². The molecule has 138 valence electrons. The number of nitrogens with one attached hydrogen (secondary N) is 2. The Morgan fingerprint density at radius 1 is 1.15 bits per heavy atom. The second-order valence-corrected chi connectivity index (χ2v) is 7.53. The first kappa shape index (κ1) is 16.1. The lowest BCUT2D eigenvalue weighted by atomic mass is 9.92. The third-order valence-electron chi connectivity index (χ3n) is 5.84. The summed E-state index contributed by atoms with van der Waals surface area (Å²) in [6.45, 7) is 3.23. The molecule has 0 aromatic heterocycles. The standard InChI is InChI=1S/C20H25N3O3/c24-20-19(17-12-26-9-7-21-17)16-10-14(22-13-2-1-3-13)4-5-18(16)23(20)15-6-8-25-11-15/h4-5,10,13,15,21-22H,1-3,6-9,11-12H2/b19-17-. The first-order chi connectivity index (χ1) is 12.8. The molecule has 1 aromatic carbocycles. The van der Waals surface area contributed by atoms with E-state index >= 15 is 0 Å². The van der Waals surface area contributed by atoms with Crippen molar-refractivity contribution in [3.63, 3.8) is 0 Å². The number of hydrogen-bond donors (Lipinski definition) is 2. The third kappa shape index (κ3) is 2.68. The van der Waals surface area contributed by atoms with Crippen molar-refractivity contribution in [2.75, 3.05) is 43.2 Å². The summed E-state index contributed by atoms with van der Waals surface area (Å²) in [6.07, 6.45) is 4.64. The Bertz CT molecular complexity index is 743. The Balaban J connectivity index is 1.55. The van der Waals surface area contributed by atoms with Gasteiger partial charge in [0.1, 0.15) is 0 Å². The number of benzene rings is 1. The van der Waals surface area contributed by atoms with Gasteiger partial charge in [-0.3, -0.25) is 4.79 Å². The zero-order valence-corrected chi connectivity index (χ0v) is 14.9. The minimum atomic E-state index is 0.0734. The Kier molecular flexibility index (Phi) is 4.10. The van der Waals surface area contributed by atoms with E-state index in [0.717, 1.165) is 47.8 Å². The lowest BCUT2D eigenvalue weighted by molar-refractivity contribution is -0.113. The van der Waals surface area contributed by atoms with Gasteiger partial charge in [0.05, 0.1) is 42.8 Å². The maximum absolute atomic E-state index is 13.3. The molecule has 26 heavy (non-hydrogen) atoms. The summed E-state index contributed by atoms with van der Waals surface area (Å²) in [5.74, 6) is 0.0734. The summed E-state index contributed by atoms with van der Waals surface area (Å²) in [4.78, 5) is 15.3. The van der Waals surface area contributed by atoms with Crippen LogP contribution in [-0.2, 0) is 14.3 Å². The van der Waals surface area contributed by atoms with Gasteiger partial charge in [0.15, 0.2) is 0 Å². The molecule has 1 unspecified atom stereocenters. The topological polar surface area (TPSA) is 62.8 Å². The fraction of sp³-hybridized carbons (Fsp3) is 0.550. The van der Waals surface area contributed by atoms with Crippen LogP contribution in [0.2, 0.25) is 0 Å². The van der Waals surface area contributed by atoms with Crippen LogP contribution in [0, 0.1) is 0 Å². The number of nitrogens with zero attached hydrogens (tertiary/aromatic N) is 1. The van der Waals surface area contributed by atoms with E-state index in [1.165, 1.54) is 19.3 Å². The molecule has 2 N–H and O–H groups in total. The van der Waals surface area contributed by atoms with E-state index in [0.29, 0.717) is 25.9 Å². The average molecular weight is 355 g/mol. The predicted octanol–water partition coefficient (Wildman–Crippen LogP) is 2.12. The number of fused-ring (bicyclic) bond motifs is 1. The van der Waals surface area contributed by atoms with Crippen molar-refractivity contribution >= 4 is 22.9 Å². The van der Waals surface area contributed by atoms with Crippen molar-refractivity contribution in [2.24, 2.45) is 0 Å². The van der Waals surface area contributed by atoms with Crippen molar-refractivity contribution in [2.45, 2.75) is 37.8 Å². The molecule has 1 saturated carbocycles. The largest absolute Gasteiger partial charge is 0.383 e. The third-order valence-corrected chi connectivity index (χ3v) is 5.84. The van der Waals surface area contributed by atoms with E-state index in [1.54, 1.807) is 0 Å². The number of rotatable bonds is 3. The summed E-state index contributed by atoms with van der Waals surface area (Å²) in [6, 6.07) is 7.01. The molecule has 3 fully saturated rings. The molecule has 1 aromatic rings. The Hall–Kier alpha value is -2.05. The van der Waals surface area contributed by atoms with Crippen LogP contribution in [-0.4, -0.2) is 51.0 Å². The van der Waals surface area contributed by atoms with Gasteiger partial charge in [-0.25, -0.2) is 0 Å². The molecular weight excluding hydrogens is 330 g/mol. The number of carbonyl (C=O) groups is 1. The van der Waals surface area contributed by atoms with Gasteiger partial charge in [-0.05, 0) is 43.9 Å². The average Bonchev–Trinajstić information content (AvgIpc) is 3.24. The molecule has 0 radical (unpaired) electrons. The van der Waals surface area contributed by atoms with Gasteiger partial charge in [0, 0.05) is 30.4 Å². The molecule has 0 spiro atoms. The fourth-order valence-electron chi connectivity index (χ4n) is 4.21. The van der Waals surface area contributed by atoms with Crippen LogP contribution in [0.25, 0.3) is 5.57 Å². The van der Waals surface area contributed by atoms with E-state index in [9.17, 15) is 4.79 Å². The number of amides is 1. The first-order valence-corrected chi connectivity index (χ1v) is 9.68. The predicted molar refractivity (Wildman–Crippen MR) is 100 cm³/mol. The normalized spacial score (nSPS) is 28.7. The summed E-state index contributed by atoms with van der Waals surface area (Å²) >= 11 is 0. The zero-order chi connectivity index (χ0) is 17.5. The molecule has 3 heterocycles. The van der Waals surface area contributed by atoms with Crippen LogP contribution in [0.1, 0.15) is 31.2 Å². The van der Waals surface area contributed by atoms with E-state index in [-0.39, 0.29) is 11.9 Å². The molecule has 2 saturated heterocycles.